The van der Waals surface area contributed by atoms with E-state index in [0.717, 1.165) is 23.4 Å². The highest BCUT2D eigenvalue weighted by Crippen LogP contribution is 2.40. The fourth-order valence-corrected chi connectivity index (χ4v) is 2.51. The van der Waals surface area contributed by atoms with Gasteiger partial charge in [0, 0.05) is 23.2 Å². The van der Waals surface area contributed by atoms with Gasteiger partial charge in [0.1, 0.15) is 0 Å². The van der Waals surface area contributed by atoms with E-state index in [1.165, 1.54) is 0 Å². The van der Waals surface area contributed by atoms with Crippen LogP contribution in [-0.2, 0) is 4.74 Å². The average molecular weight is 296 g/mol. The zero-order valence-corrected chi connectivity index (χ0v) is 12.8. The topological polar surface area (TPSA) is 51.2 Å². The van der Waals surface area contributed by atoms with Gasteiger partial charge in [-0.3, -0.25) is 4.98 Å². The van der Waals surface area contributed by atoms with E-state index in [4.69, 9.17) is 9.72 Å². The van der Waals surface area contributed by atoms with Crippen LogP contribution in [0.1, 0.15) is 31.9 Å². The number of carbonyl (C=O) groups excluding carboxylic acids is 1. The molecule has 0 bridgehead atoms. The number of amides is 1. The molecule has 1 saturated carbocycles. The largest absolute Gasteiger partial charge is 0.447 e. The van der Waals surface area contributed by atoms with Crippen molar-refractivity contribution in [3.63, 3.8) is 0 Å². The number of rotatable bonds is 4. The number of nitrogens with one attached hydrogen (secondary N) is 1. The summed E-state index contributed by atoms with van der Waals surface area (Å²) >= 11 is 0. The van der Waals surface area contributed by atoms with Crippen molar-refractivity contribution in [1.29, 1.82) is 0 Å². The third-order valence-electron chi connectivity index (χ3n) is 3.66. The first-order chi connectivity index (χ1) is 10.6. The number of alkyl carbamates (subject to hydrolysis) is 1. The second-order valence-corrected chi connectivity index (χ2v) is 5.86. The SMILES string of the molecule is CC(C)OC(=O)N[C@@H]1C[C@H]1c1cccc(-c2ccccc2)n1. The van der Waals surface area contributed by atoms with Crippen molar-refractivity contribution in [2.24, 2.45) is 0 Å². The highest BCUT2D eigenvalue weighted by Gasteiger charge is 2.41. The Bertz CT molecular complexity index is 655. The first-order valence-corrected chi connectivity index (χ1v) is 7.63. The van der Waals surface area contributed by atoms with Crippen LogP contribution in [-0.4, -0.2) is 23.2 Å². The summed E-state index contributed by atoms with van der Waals surface area (Å²) in [7, 11) is 0. The smallest absolute Gasteiger partial charge is 0.407 e. The van der Waals surface area contributed by atoms with Gasteiger partial charge in [-0.15, -0.1) is 0 Å². The van der Waals surface area contributed by atoms with Crippen LogP contribution in [0, 0.1) is 0 Å². The fraction of sp³-hybridized carbons (Fsp3) is 0.333. The Kier molecular flexibility index (Phi) is 4.09. The van der Waals surface area contributed by atoms with Gasteiger partial charge in [-0.05, 0) is 32.4 Å². The maximum Gasteiger partial charge on any atom is 0.407 e. The molecular formula is C18H20N2O2. The number of pyridine rings is 1. The molecule has 0 unspecified atom stereocenters. The predicted octanol–water partition coefficient (Wildman–Crippen LogP) is 3.74. The van der Waals surface area contributed by atoms with Crippen molar-refractivity contribution < 1.29 is 9.53 Å². The molecule has 1 N–H and O–H groups in total. The van der Waals surface area contributed by atoms with Gasteiger partial charge in [-0.1, -0.05) is 36.4 Å². The maximum absolute atomic E-state index is 11.6. The van der Waals surface area contributed by atoms with E-state index in [2.05, 4.69) is 17.4 Å². The summed E-state index contributed by atoms with van der Waals surface area (Å²) < 4.78 is 5.11. The fourth-order valence-electron chi connectivity index (χ4n) is 2.51. The lowest BCUT2D eigenvalue weighted by Crippen LogP contribution is -2.29. The third-order valence-corrected chi connectivity index (χ3v) is 3.66. The molecule has 0 saturated heterocycles. The molecular weight excluding hydrogens is 276 g/mol. The van der Waals surface area contributed by atoms with Gasteiger partial charge in [0.05, 0.1) is 11.8 Å². The molecule has 1 aliphatic carbocycles. The van der Waals surface area contributed by atoms with E-state index in [1.807, 2.05) is 50.2 Å². The normalized spacial score (nSPS) is 19.8. The lowest BCUT2D eigenvalue weighted by atomic mass is 10.1. The van der Waals surface area contributed by atoms with Crippen molar-refractivity contribution >= 4 is 6.09 Å². The second-order valence-electron chi connectivity index (χ2n) is 5.86. The molecule has 1 fully saturated rings. The highest BCUT2D eigenvalue weighted by molar-refractivity contribution is 5.68. The first-order valence-electron chi connectivity index (χ1n) is 7.63. The zero-order valence-electron chi connectivity index (χ0n) is 12.8. The van der Waals surface area contributed by atoms with Crippen molar-refractivity contribution in [3.05, 3.63) is 54.2 Å². The van der Waals surface area contributed by atoms with Crippen LogP contribution in [0.3, 0.4) is 0 Å². The van der Waals surface area contributed by atoms with Gasteiger partial charge in [-0.2, -0.15) is 0 Å². The number of carbonyl (C=O) groups is 1. The van der Waals surface area contributed by atoms with Gasteiger partial charge in [0.2, 0.25) is 0 Å². The summed E-state index contributed by atoms with van der Waals surface area (Å²) in [6.45, 7) is 3.68. The Labute approximate surface area is 130 Å². The van der Waals surface area contributed by atoms with Crippen LogP contribution < -0.4 is 5.32 Å². The summed E-state index contributed by atoms with van der Waals surface area (Å²) in [6.07, 6.45) is 0.469. The molecule has 4 heteroatoms. The van der Waals surface area contributed by atoms with Crippen LogP contribution in [0.4, 0.5) is 4.79 Å². The molecule has 0 spiro atoms. The quantitative estimate of drug-likeness (QED) is 0.935. The first kappa shape index (κ1) is 14.6. The van der Waals surface area contributed by atoms with Gasteiger partial charge in [-0.25, -0.2) is 4.79 Å². The summed E-state index contributed by atoms with van der Waals surface area (Å²) in [5.74, 6) is 0.281. The second kappa shape index (κ2) is 6.18. The summed E-state index contributed by atoms with van der Waals surface area (Å²) in [5, 5.41) is 2.89. The van der Waals surface area contributed by atoms with Crippen LogP contribution in [0.2, 0.25) is 0 Å². The lowest BCUT2D eigenvalue weighted by Gasteiger charge is -2.09. The molecule has 22 heavy (non-hydrogen) atoms. The highest BCUT2D eigenvalue weighted by atomic mass is 16.6. The van der Waals surface area contributed by atoms with Crippen molar-refractivity contribution in [3.8, 4) is 11.3 Å². The van der Waals surface area contributed by atoms with Gasteiger partial charge < -0.3 is 10.1 Å². The van der Waals surface area contributed by atoms with Crippen LogP contribution in [0.15, 0.2) is 48.5 Å². The van der Waals surface area contributed by atoms with Crippen molar-refractivity contribution in [1.82, 2.24) is 10.3 Å². The van der Waals surface area contributed by atoms with Crippen LogP contribution >= 0.6 is 0 Å². The van der Waals surface area contributed by atoms with Crippen molar-refractivity contribution in [2.45, 2.75) is 38.3 Å². The molecule has 1 aromatic carbocycles. The molecule has 1 aliphatic rings. The number of aromatic nitrogens is 1. The van der Waals surface area contributed by atoms with E-state index in [1.54, 1.807) is 0 Å². The number of ether oxygens (including phenoxy) is 1. The van der Waals surface area contributed by atoms with E-state index in [-0.39, 0.29) is 24.2 Å². The summed E-state index contributed by atoms with van der Waals surface area (Å²) in [4.78, 5) is 16.3. The number of benzene rings is 1. The molecule has 2 atom stereocenters. The minimum atomic E-state index is -0.346. The van der Waals surface area contributed by atoms with E-state index < -0.39 is 0 Å². The van der Waals surface area contributed by atoms with Gasteiger partial charge in [0.15, 0.2) is 0 Å². The monoisotopic (exact) mass is 296 g/mol. The Morgan fingerprint density at radius 2 is 1.95 bits per heavy atom. The molecule has 2 aromatic rings. The molecule has 1 heterocycles. The summed E-state index contributed by atoms with van der Waals surface area (Å²) in [6, 6.07) is 16.3. The molecule has 0 radical (unpaired) electrons. The van der Waals surface area contributed by atoms with Gasteiger partial charge >= 0.3 is 6.09 Å². The molecule has 3 rings (SSSR count). The van der Waals surface area contributed by atoms with Crippen molar-refractivity contribution in [2.75, 3.05) is 0 Å². The molecule has 0 aliphatic heterocycles. The average Bonchev–Trinajstić information content (AvgIpc) is 3.26. The Morgan fingerprint density at radius 1 is 1.18 bits per heavy atom. The number of hydrogen-bond donors (Lipinski definition) is 1. The molecule has 114 valence electrons. The Hall–Kier alpha value is -2.36. The van der Waals surface area contributed by atoms with Crippen LogP contribution in [0.5, 0.6) is 0 Å². The zero-order chi connectivity index (χ0) is 15.5. The minimum absolute atomic E-state index is 0.100. The lowest BCUT2D eigenvalue weighted by molar-refractivity contribution is 0.115. The van der Waals surface area contributed by atoms with Crippen LogP contribution in [0.25, 0.3) is 11.3 Å². The van der Waals surface area contributed by atoms with E-state index in [0.29, 0.717) is 0 Å². The molecule has 1 amide bonds. The predicted molar refractivity (Wildman–Crippen MR) is 85.6 cm³/mol. The minimum Gasteiger partial charge on any atom is -0.447 e. The molecule has 4 nitrogen and oxygen atoms in total. The number of nitrogens with zero attached hydrogens (tertiary/aromatic N) is 1. The van der Waals surface area contributed by atoms with E-state index >= 15 is 0 Å². The third kappa shape index (κ3) is 3.45. The number of hydrogen-bond acceptors (Lipinski definition) is 3. The maximum atomic E-state index is 11.6. The summed E-state index contributed by atoms with van der Waals surface area (Å²) in [5.41, 5.74) is 3.10. The van der Waals surface area contributed by atoms with E-state index in [9.17, 15) is 4.79 Å². The van der Waals surface area contributed by atoms with Gasteiger partial charge in [0.25, 0.3) is 0 Å². The Morgan fingerprint density at radius 3 is 2.68 bits per heavy atom. The Balaban J connectivity index is 1.66. The molecule has 1 aromatic heterocycles. The standard InChI is InChI=1S/C18H20N2O2/c1-12(2)22-18(21)20-17-11-14(17)16-10-6-9-15(19-16)13-7-4-3-5-8-13/h3-10,12,14,17H,11H2,1-2H3,(H,20,21)/t14-,17+/m0/s1.